The van der Waals surface area contributed by atoms with E-state index in [1.807, 2.05) is 11.1 Å². The molecule has 0 spiro atoms. The number of amides is 1. The van der Waals surface area contributed by atoms with Crippen LogP contribution in [0.1, 0.15) is 55.3 Å². The lowest BCUT2D eigenvalue weighted by molar-refractivity contribution is -0.116. The third-order valence-electron chi connectivity index (χ3n) is 6.69. The van der Waals surface area contributed by atoms with Gasteiger partial charge in [0.25, 0.3) is 0 Å². The topological polar surface area (TPSA) is 77.3 Å². The van der Waals surface area contributed by atoms with Crippen molar-refractivity contribution in [3.8, 4) is 0 Å². The van der Waals surface area contributed by atoms with Crippen LogP contribution in [-0.4, -0.2) is 40.9 Å². The van der Waals surface area contributed by atoms with Crippen LogP contribution >= 0.6 is 11.6 Å². The predicted octanol–water partition coefficient (Wildman–Crippen LogP) is 4.34. The summed E-state index contributed by atoms with van der Waals surface area (Å²) in [6.07, 6.45) is 4.44. The van der Waals surface area contributed by atoms with Crippen LogP contribution in [0.3, 0.4) is 0 Å². The van der Waals surface area contributed by atoms with Gasteiger partial charge >= 0.3 is 0 Å². The summed E-state index contributed by atoms with van der Waals surface area (Å²) in [6, 6.07) is 8.68. The van der Waals surface area contributed by atoms with E-state index in [4.69, 9.17) is 21.3 Å². The number of hydrogen-bond acceptors (Lipinski definition) is 3. The number of nitrogens with zero attached hydrogens (tertiary/aromatic N) is 4. The number of ether oxygens (including phenoxy) is 1. The molecule has 2 aliphatic heterocycles. The first-order valence-corrected chi connectivity index (χ1v) is 11.6. The summed E-state index contributed by atoms with van der Waals surface area (Å²) in [5.41, 5.74) is 4.87. The Morgan fingerprint density at radius 1 is 1.24 bits per heavy atom. The van der Waals surface area contributed by atoms with Gasteiger partial charge in [-0.2, -0.15) is 0 Å². The van der Waals surface area contributed by atoms with Gasteiger partial charge < -0.3 is 9.64 Å². The fourth-order valence-corrected chi connectivity index (χ4v) is 5.31. The third kappa shape index (κ3) is 4.14. The number of anilines is 1. The molecule has 2 aromatic heterocycles. The molecule has 0 aliphatic carbocycles. The largest absolute Gasteiger partial charge is 0.381 e. The zero-order chi connectivity index (χ0) is 22.5. The summed E-state index contributed by atoms with van der Waals surface area (Å²) in [6.45, 7) is 6.38. The molecule has 0 unspecified atom stereocenters. The molecule has 0 bridgehead atoms. The molecule has 1 fully saturated rings. The Hall–Kier alpha value is -2.48. The Morgan fingerprint density at radius 3 is 2.61 bits per heavy atom. The van der Waals surface area contributed by atoms with E-state index in [0.29, 0.717) is 18.9 Å². The van der Waals surface area contributed by atoms with E-state index in [1.165, 1.54) is 12.1 Å². The molecular weight excluding hydrogens is 443 g/mol. The average molecular weight is 470 g/mol. The first kappa shape index (κ1) is 23.7. The van der Waals surface area contributed by atoms with Crippen LogP contribution in [0.2, 0.25) is 0 Å². The SMILES string of the molecule is CC1(C)CN(C(=O)CCl)c2cc(Cc3ccc(F)cc3)c3cnc(C4CCOCC4)n3c21.[N]. The number of alkyl halides is 1. The van der Waals surface area contributed by atoms with Crippen molar-refractivity contribution in [2.75, 3.05) is 30.5 Å². The Bertz CT molecular complexity index is 1170. The van der Waals surface area contributed by atoms with Crippen molar-refractivity contribution < 1.29 is 13.9 Å². The number of carbonyl (C=O) groups excluding carboxylic acids is 1. The van der Waals surface area contributed by atoms with Gasteiger partial charge in [0.1, 0.15) is 17.5 Å². The molecule has 1 aromatic carbocycles. The number of halogens is 2. The molecule has 173 valence electrons. The summed E-state index contributed by atoms with van der Waals surface area (Å²) in [4.78, 5) is 19.4. The molecule has 3 aromatic rings. The van der Waals surface area contributed by atoms with E-state index in [1.54, 1.807) is 12.1 Å². The maximum Gasteiger partial charge on any atom is 0.241 e. The minimum absolute atomic E-state index is 0. The molecule has 0 saturated carbocycles. The summed E-state index contributed by atoms with van der Waals surface area (Å²) in [5.74, 6) is 0.939. The number of fused-ring (bicyclic) bond motifs is 3. The highest BCUT2D eigenvalue weighted by molar-refractivity contribution is 6.29. The van der Waals surface area contributed by atoms with Crippen molar-refractivity contribution in [3.63, 3.8) is 0 Å². The van der Waals surface area contributed by atoms with Crippen LogP contribution in [0.15, 0.2) is 36.5 Å². The number of pyridine rings is 1. The lowest BCUT2D eigenvalue weighted by Crippen LogP contribution is -2.34. The van der Waals surface area contributed by atoms with E-state index >= 15 is 0 Å². The van der Waals surface area contributed by atoms with E-state index < -0.39 is 0 Å². The quantitative estimate of drug-likeness (QED) is 0.533. The molecule has 4 heterocycles. The molecule has 33 heavy (non-hydrogen) atoms. The van der Waals surface area contributed by atoms with E-state index in [0.717, 1.165) is 59.9 Å². The van der Waals surface area contributed by atoms with E-state index in [-0.39, 0.29) is 29.2 Å². The minimum atomic E-state index is -0.250. The zero-order valence-electron chi connectivity index (χ0n) is 18.9. The molecule has 1 amide bonds. The maximum atomic E-state index is 13.5. The number of aromatic nitrogens is 2. The number of rotatable bonds is 4. The highest BCUT2D eigenvalue weighted by atomic mass is 35.5. The predicted molar refractivity (Wildman–Crippen MR) is 125 cm³/mol. The van der Waals surface area contributed by atoms with Crippen LogP contribution in [0, 0.1) is 5.82 Å². The third-order valence-corrected chi connectivity index (χ3v) is 6.92. The van der Waals surface area contributed by atoms with Gasteiger partial charge in [-0.1, -0.05) is 26.0 Å². The number of imidazole rings is 1. The van der Waals surface area contributed by atoms with Crippen LogP contribution in [0.4, 0.5) is 10.1 Å². The van der Waals surface area contributed by atoms with Gasteiger partial charge in [0.2, 0.25) is 5.91 Å². The maximum absolute atomic E-state index is 13.5. The summed E-state index contributed by atoms with van der Waals surface area (Å²) >= 11 is 5.97. The van der Waals surface area contributed by atoms with E-state index in [2.05, 4.69) is 24.3 Å². The van der Waals surface area contributed by atoms with Gasteiger partial charge in [-0.3, -0.25) is 9.20 Å². The highest BCUT2D eigenvalue weighted by Gasteiger charge is 2.41. The van der Waals surface area contributed by atoms with Gasteiger partial charge in [-0.25, -0.2) is 9.37 Å². The first-order valence-electron chi connectivity index (χ1n) is 11.1. The van der Waals surface area contributed by atoms with Gasteiger partial charge in [0, 0.05) is 37.2 Å². The van der Waals surface area contributed by atoms with Gasteiger partial charge in [0.15, 0.2) is 0 Å². The van der Waals surface area contributed by atoms with Gasteiger partial charge in [0.05, 0.1) is 23.1 Å². The Morgan fingerprint density at radius 2 is 1.94 bits per heavy atom. The Balaban J connectivity index is 0.00000259. The number of carbonyl (C=O) groups is 1. The van der Waals surface area contributed by atoms with Crippen molar-refractivity contribution in [1.29, 1.82) is 0 Å². The smallest absolute Gasteiger partial charge is 0.241 e. The van der Waals surface area contributed by atoms with Crippen molar-refractivity contribution in [3.05, 3.63) is 65.0 Å². The van der Waals surface area contributed by atoms with Crippen LogP contribution in [0.25, 0.3) is 5.52 Å². The molecule has 0 atom stereocenters. The molecule has 5 rings (SSSR count). The molecular formula is C25H27ClFN4O2. The second-order valence-corrected chi connectivity index (χ2v) is 9.70. The molecule has 6 nitrogen and oxygen atoms in total. The van der Waals surface area contributed by atoms with Crippen molar-refractivity contribution >= 4 is 28.7 Å². The summed E-state index contributed by atoms with van der Waals surface area (Å²) in [5, 5.41) is 0. The summed E-state index contributed by atoms with van der Waals surface area (Å²) < 4.78 is 21.3. The standard InChI is InChI=1S/C25H27ClFN3O2.N/c1-25(2)15-29(22(31)13-26)20-12-18(11-16-3-5-19(27)6-4-16)21-14-28-24(30(21)23(20)25)17-7-9-32-10-8-17;/h3-6,12,14,17H,7-11,13,15H2,1-2H3;. The molecule has 8 heteroatoms. The van der Waals surface area contributed by atoms with Crippen LogP contribution in [0.5, 0.6) is 0 Å². The Labute approximate surface area is 198 Å². The number of benzene rings is 1. The molecule has 0 N–H and O–H groups in total. The average Bonchev–Trinajstić information content (AvgIpc) is 3.34. The monoisotopic (exact) mass is 469 g/mol. The second kappa shape index (κ2) is 9.05. The minimum Gasteiger partial charge on any atom is -0.381 e. The lowest BCUT2D eigenvalue weighted by Gasteiger charge is -2.25. The fraction of sp³-hybridized carbons (Fsp3) is 0.440. The normalized spacial score (nSPS) is 17.8. The molecule has 2 aliphatic rings. The van der Waals surface area contributed by atoms with E-state index in [9.17, 15) is 9.18 Å². The molecule has 3 radical (unpaired) electrons. The van der Waals surface area contributed by atoms with Gasteiger partial charge in [-0.05, 0) is 48.6 Å². The van der Waals surface area contributed by atoms with Crippen molar-refractivity contribution in [2.45, 2.75) is 44.4 Å². The van der Waals surface area contributed by atoms with Crippen LogP contribution in [-0.2, 0) is 21.4 Å². The van der Waals surface area contributed by atoms with Crippen molar-refractivity contribution in [2.24, 2.45) is 0 Å². The second-order valence-electron chi connectivity index (χ2n) is 9.43. The fourth-order valence-electron chi connectivity index (χ4n) is 5.16. The lowest BCUT2D eigenvalue weighted by atomic mass is 9.89. The highest BCUT2D eigenvalue weighted by Crippen LogP contribution is 2.44. The van der Waals surface area contributed by atoms with Gasteiger partial charge in [-0.15, -0.1) is 11.6 Å². The first-order chi connectivity index (χ1) is 15.4. The summed E-state index contributed by atoms with van der Waals surface area (Å²) in [7, 11) is 0. The number of hydrogen-bond donors (Lipinski definition) is 0. The van der Waals surface area contributed by atoms with Crippen molar-refractivity contribution in [1.82, 2.24) is 15.5 Å². The zero-order valence-corrected chi connectivity index (χ0v) is 19.6. The van der Waals surface area contributed by atoms with Crippen LogP contribution < -0.4 is 11.1 Å². The Kier molecular flexibility index (Phi) is 6.49. The molecule has 1 saturated heterocycles.